The zero-order chi connectivity index (χ0) is 20.2. The van der Waals surface area contributed by atoms with Gasteiger partial charge in [-0.05, 0) is 78.6 Å². The summed E-state index contributed by atoms with van der Waals surface area (Å²) in [5.41, 5.74) is 9.03. The fraction of sp³-hybridized carbons (Fsp3) is 0.115. The largest absolute Gasteiger partial charge is 0.356 e. The molecule has 0 unspecified atom stereocenters. The van der Waals surface area contributed by atoms with Crippen molar-refractivity contribution in [2.75, 3.05) is 5.32 Å². The molecule has 0 amide bonds. The van der Waals surface area contributed by atoms with Crippen LogP contribution in [0, 0.1) is 6.92 Å². The number of rotatable bonds is 5. The Morgan fingerprint density at radius 1 is 0.793 bits per heavy atom. The maximum absolute atomic E-state index is 6.16. The highest BCUT2D eigenvalue weighted by atomic mass is 35.5. The first-order valence-corrected chi connectivity index (χ1v) is 10.2. The summed E-state index contributed by atoms with van der Waals surface area (Å²) in [4.78, 5) is 4.60. The molecule has 4 aromatic rings. The van der Waals surface area contributed by atoms with Gasteiger partial charge in [-0.15, -0.1) is 0 Å². The molecule has 0 bridgehead atoms. The molecular formula is C26H23ClN2. The van der Waals surface area contributed by atoms with Gasteiger partial charge in [-0.3, -0.25) is 4.98 Å². The van der Waals surface area contributed by atoms with E-state index < -0.39 is 0 Å². The van der Waals surface area contributed by atoms with Crippen molar-refractivity contribution in [1.82, 2.24) is 4.98 Å². The van der Waals surface area contributed by atoms with E-state index in [-0.39, 0.29) is 0 Å². The van der Waals surface area contributed by atoms with Crippen LogP contribution in [-0.2, 0) is 6.42 Å². The first kappa shape index (κ1) is 19.2. The van der Waals surface area contributed by atoms with Crippen molar-refractivity contribution in [2.45, 2.75) is 20.3 Å². The fourth-order valence-corrected chi connectivity index (χ4v) is 3.61. The summed E-state index contributed by atoms with van der Waals surface area (Å²) in [5.74, 6) is 0. The molecule has 2 nitrogen and oxygen atoms in total. The van der Waals surface area contributed by atoms with E-state index in [0.717, 1.165) is 45.2 Å². The summed E-state index contributed by atoms with van der Waals surface area (Å²) in [6.45, 7) is 4.23. The topological polar surface area (TPSA) is 24.9 Å². The highest BCUT2D eigenvalue weighted by molar-refractivity contribution is 6.30. The molecule has 0 saturated heterocycles. The van der Waals surface area contributed by atoms with Crippen LogP contribution in [0.1, 0.15) is 18.1 Å². The molecule has 1 heterocycles. The maximum Gasteiger partial charge on any atom is 0.0710 e. The van der Waals surface area contributed by atoms with Crippen molar-refractivity contribution in [3.05, 3.63) is 101 Å². The third kappa shape index (κ3) is 4.49. The monoisotopic (exact) mass is 398 g/mol. The summed E-state index contributed by atoms with van der Waals surface area (Å²) in [7, 11) is 0. The molecule has 29 heavy (non-hydrogen) atoms. The van der Waals surface area contributed by atoms with Crippen LogP contribution in [0.5, 0.6) is 0 Å². The van der Waals surface area contributed by atoms with E-state index in [0.29, 0.717) is 0 Å². The smallest absolute Gasteiger partial charge is 0.0710 e. The van der Waals surface area contributed by atoms with Crippen molar-refractivity contribution in [1.29, 1.82) is 0 Å². The molecule has 0 spiro atoms. The zero-order valence-corrected chi connectivity index (χ0v) is 17.4. The lowest BCUT2D eigenvalue weighted by atomic mass is 9.99. The number of hydrogen-bond acceptors (Lipinski definition) is 2. The predicted molar refractivity (Wildman–Crippen MR) is 124 cm³/mol. The number of nitrogens with zero attached hydrogens (tertiary/aromatic N) is 1. The van der Waals surface area contributed by atoms with Gasteiger partial charge in [0.15, 0.2) is 0 Å². The Morgan fingerprint density at radius 2 is 1.48 bits per heavy atom. The van der Waals surface area contributed by atoms with E-state index >= 15 is 0 Å². The summed E-state index contributed by atoms with van der Waals surface area (Å²) in [6, 6.07) is 27.1. The summed E-state index contributed by atoms with van der Waals surface area (Å²) in [5, 5.41) is 4.20. The SMILES string of the molecule is CCc1cc(Cl)ccc1-c1cc(-c2ccc(Nc3ccc(C)cc3)cc2)ccn1. The number of aromatic nitrogens is 1. The van der Waals surface area contributed by atoms with Crippen molar-refractivity contribution in [2.24, 2.45) is 0 Å². The van der Waals surface area contributed by atoms with Crippen molar-refractivity contribution in [3.8, 4) is 22.4 Å². The molecule has 1 N–H and O–H groups in total. The van der Waals surface area contributed by atoms with Crippen molar-refractivity contribution >= 4 is 23.0 Å². The van der Waals surface area contributed by atoms with Gasteiger partial charge in [0.25, 0.3) is 0 Å². The van der Waals surface area contributed by atoms with Crippen LogP contribution in [0.15, 0.2) is 85.1 Å². The maximum atomic E-state index is 6.16. The van der Waals surface area contributed by atoms with E-state index in [2.05, 4.69) is 84.8 Å². The van der Waals surface area contributed by atoms with Gasteiger partial charge < -0.3 is 5.32 Å². The van der Waals surface area contributed by atoms with Gasteiger partial charge in [-0.2, -0.15) is 0 Å². The molecule has 0 radical (unpaired) electrons. The highest BCUT2D eigenvalue weighted by Crippen LogP contribution is 2.30. The third-order valence-corrected chi connectivity index (χ3v) is 5.28. The Labute approximate surface area is 177 Å². The second-order valence-corrected chi connectivity index (χ2v) is 7.59. The normalized spacial score (nSPS) is 10.7. The van der Waals surface area contributed by atoms with E-state index in [1.54, 1.807) is 0 Å². The van der Waals surface area contributed by atoms with Gasteiger partial charge in [0.1, 0.15) is 0 Å². The first-order chi connectivity index (χ1) is 14.1. The van der Waals surface area contributed by atoms with Crippen LogP contribution in [0.4, 0.5) is 11.4 Å². The lowest BCUT2D eigenvalue weighted by Gasteiger charge is -2.11. The second kappa shape index (κ2) is 8.50. The van der Waals surface area contributed by atoms with Crippen molar-refractivity contribution in [3.63, 3.8) is 0 Å². The van der Waals surface area contributed by atoms with E-state index in [1.807, 2.05) is 24.4 Å². The Balaban J connectivity index is 1.59. The average molecular weight is 399 g/mol. The van der Waals surface area contributed by atoms with Crippen molar-refractivity contribution < 1.29 is 0 Å². The minimum absolute atomic E-state index is 0.762. The Morgan fingerprint density at radius 3 is 2.17 bits per heavy atom. The van der Waals surface area contributed by atoms with E-state index in [1.165, 1.54) is 11.1 Å². The first-order valence-electron chi connectivity index (χ1n) is 9.81. The van der Waals surface area contributed by atoms with Gasteiger partial charge in [0.05, 0.1) is 5.69 Å². The Bertz CT molecular complexity index is 1120. The van der Waals surface area contributed by atoms with E-state index in [9.17, 15) is 0 Å². The molecular weight excluding hydrogens is 376 g/mol. The van der Waals surface area contributed by atoms with Crippen LogP contribution in [0.2, 0.25) is 5.02 Å². The lowest BCUT2D eigenvalue weighted by molar-refractivity contribution is 1.13. The molecule has 0 fully saturated rings. The quantitative estimate of drug-likeness (QED) is 0.372. The molecule has 144 valence electrons. The van der Waals surface area contributed by atoms with Crippen LogP contribution in [-0.4, -0.2) is 4.98 Å². The fourth-order valence-electron chi connectivity index (χ4n) is 3.41. The molecule has 3 heteroatoms. The predicted octanol–water partition coefficient (Wildman–Crippen LogP) is 7.68. The molecule has 0 aliphatic heterocycles. The zero-order valence-electron chi connectivity index (χ0n) is 16.6. The summed E-state index contributed by atoms with van der Waals surface area (Å²) in [6.07, 6.45) is 2.79. The second-order valence-electron chi connectivity index (χ2n) is 7.15. The minimum atomic E-state index is 0.762. The number of benzene rings is 3. The number of aryl methyl sites for hydroxylation is 2. The molecule has 1 aromatic heterocycles. The number of hydrogen-bond donors (Lipinski definition) is 1. The minimum Gasteiger partial charge on any atom is -0.356 e. The number of nitrogens with one attached hydrogen (secondary N) is 1. The van der Waals surface area contributed by atoms with Gasteiger partial charge >= 0.3 is 0 Å². The number of anilines is 2. The highest BCUT2D eigenvalue weighted by Gasteiger charge is 2.08. The molecule has 4 rings (SSSR count). The van der Waals surface area contributed by atoms with Crippen LogP contribution < -0.4 is 5.32 Å². The van der Waals surface area contributed by atoms with Crippen LogP contribution >= 0.6 is 11.6 Å². The van der Waals surface area contributed by atoms with Crippen LogP contribution in [0.25, 0.3) is 22.4 Å². The average Bonchev–Trinajstić information content (AvgIpc) is 2.76. The van der Waals surface area contributed by atoms with Gasteiger partial charge in [-0.1, -0.05) is 54.4 Å². The van der Waals surface area contributed by atoms with Crippen LogP contribution in [0.3, 0.4) is 0 Å². The Kier molecular flexibility index (Phi) is 5.64. The van der Waals surface area contributed by atoms with E-state index in [4.69, 9.17) is 11.6 Å². The number of halogens is 1. The summed E-state index contributed by atoms with van der Waals surface area (Å²) < 4.78 is 0. The Hall–Kier alpha value is -3.10. The standard InChI is InChI=1S/C26H23ClN2/c1-3-19-16-22(27)8-13-25(19)26-17-21(14-15-28-26)20-6-11-24(12-7-20)29-23-9-4-18(2)5-10-23/h4-17,29H,3H2,1-2H3. The molecule has 0 saturated carbocycles. The molecule has 0 aliphatic carbocycles. The van der Waals surface area contributed by atoms with Gasteiger partial charge in [-0.25, -0.2) is 0 Å². The third-order valence-electron chi connectivity index (χ3n) is 5.04. The van der Waals surface area contributed by atoms with Gasteiger partial charge in [0.2, 0.25) is 0 Å². The lowest BCUT2D eigenvalue weighted by Crippen LogP contribution is -1.92. The molecule has 3 aromatic carbocycles. The molecule has 0 atom stereocenters. The van der Waals surface area contributed by atoms with Gasteiger partial charge in [0, 0.05) is 28.2 Å². The number of pyridine rings is 1. The molecule has 0 aliphatic rings. The summed E-state index contributed by atoms with van der Waals surface area (Å²) >= 11 is 6.16.